The first kappa shape index (κ1) is 17.4. The fourth-order valence-electron chi connectivity index (χ4n) is 3.88. The van der Waals surface area contributed by atoms with Gasteiger partial charge in [0.25, 0.3) is 5.91 Å². The molecule has 1 aromatic rings. The van der Waals surface area contributed by atoms with Crippen LogP contribution in [0.3, 0.4) is 0 Å². The Labute approximate surface area is 146 Å². The summed E-state index contributed by atoms with van der Waals surface area (Å²) in [6, 6.07) is 8.31. The normalized spacial score (nSPS) is 20.0. The van der Waals surface area contributed by atoms with Crippen LogP contribution in [0.4, 0.5) is 0 Å². The first-order valence-corrected chi connectivity index (χ1v) is 9.64. The van der Waals surface area contributed by atoms with Crippen molar-refractivity contribution in [2.45, 2.75) is 44.4 Å². The highest BCUT2D eigenvalue weighted by Gasteiger charge is 2.16. The lowest BCUT2D eigenvalue weighted by atomic mass is 9.84. The molecule has 0 aromatic heterocycles. The smallest absolute Gasteiger partial charge is 0.251 e. The van der Waals surface area contributed by atoms with Gasteiger partial charge in [-0.25, -0.2) is 0 Å². The first-order chi connectivity index (χ1) is 11.8. The summed E-state index contributed by atoms with van der Waals surface area (Å²) in [5.74, 6) is 0.764. The standard InChI is InChI=1S/C20H31N3O/c24-20(22-11-4-14-23-15-12-21-13-16-23)19-9-7-18(8-10-19)17-5-2-1-3-6-17/h7-10,17,21H,1-6,11-16H2,(H,22,24). The highest BCUT2D eigenvalue weighted by Crippen LogP contribution is 2.32. The molecular formula is C20H31N3O. The SMILES string of the molecule is O=C(NCCCN1CCNCC1)c1ccc(C2CCCCC2)cc1. The lowest BCUT2D eigenvalue weighted by Crippen LogP contribution is -2.44. The highest BCUT2D eigenvalue weighted by molar-refractivity contribution is 5.94. The van der Waals surface area contributed by atoms with E-state index in [-0.39, 0.29) is 5.91 Å². The number of carbonyl (C=O) groups is 1. The highest BCUT2D eigenvalue weighted by atomic mass is 16.1. The van der Waals surface area contributed by atoms with Gasteiger partial charge in [0.1, 0.15) is 0 Å². The lowest BCUT2D eigenvalue weighted by molar-refractivity contribution is 0.0951. The van der Waals surface area contributed by atoms with Gasteiger partial charge in [-0.2, -0.15) is 0 Å². The molecule has 24 heavy (non-hydrogen) atoms. The third-order valence-corrected chi connectivity index (χ3v) is 5.40. The van der Waals surface area contributed by atoms with Crippen molar-refractivity contribution >= 4 is 5.91 Å². The van der Waals surface area contributed by atoms with E-state index in [2.05, 4.69) is 27.7 Å². The fraction of sp³-hybridized carbons (Fsp3) is 0.650. The van der Waals surface area contributed by atoms with Crippen molar-refractivity contribution in [1.29, 1.82) is 0 Å². The zero-order chi connectivity index (χ0) is 16.6. The summed E-state index contributed by atoms with van der Waals surface area (Å²) < 4.78 is 0. The van der Waals surface area contributed by atoms with Gasteiger partial charge in [-0.3, -0.25) is 4.79 Å². The Morgan fingerprint density at radius 2 is 1.79 bits per heavy atom. The van der Waals surface area contributed by atoms with Gasteiger partial charge in [-0.1, -0.05) is 31.4 Å². The predicted molar refractivity (Wildman–Crippen MR) is 98.5 cm³/mol. The third kappa shape index (κ3) is 5.05. The van der Waals surface area contributed by atoms with Crippen molar-refractivity contribution in [3.8, 4) is 0 Å². The second-order valence-corrected chi connectivity index (χ2v) is 7.16. The Morgan fingerprint density at radius 1 is 1.08 bits per heavy atom. The molecule has 1 amide bonds. The summed E-state index contributed by atoms with van der Waals surface area (Å²) >= 11 is 0. The number of nitrogens with zero attached hydrogens (tertiary/aromatic N) is 1. The van der Waals surface area contributed by atoms with Crippen LogP contribution >= 0.6 is 0 Å². The Balaban J connectivity index is 1.39. The molecule has 0 radical (unpaired) electrons. The molecule has 2 aliphatic rings. The van der Waals surface area contributed by atoms with Crippen molar-refractivity contribution in [1.82, 2.24) is 15.5 Å². The minimum Gasteiger partial charge on any atom is -0.352 e. The van der Waals surface area contributed by atoms with Gasteiger partial charge in [0.05, 0.1) is 0 Å². The molecule has 0 bridgehead atoms. The minimum absolute atomic E-state index is 0.0607. The van der Waals surface area contributed by atoms with Crippen molar-refractivity contribution in [2.24, 2.45) is 0 Å². The van der Waals surface area contributed by atoms with E-state index in [9.17, 15) is 4.79 Å². The average Bonchev–Trinajstić information content (AvgIpc) is 2.67. The molecule has 1 aliphatic carbocycles. The molecule has 4 heteroatoms. The van der Waals surface area contributed by atoms with Crippen LogP contribution < -0.4 is 10.6 Å². The minimum atomic E-state index is 0.0607. The van der Waals surface area contributed by atoms with Crippen LogP contribution in [-0.2, 0) is 0 Å². The van der Waals surface area contributed by atoms with Crippen LogP contribution in [0, 0.1) is 0 Å². The van der Waals surface area contributed by atoms with Crippen LogP contribution in [0.25, 0.3) is 0 Å². The van der Waals surface area contributed by atoms with Crippen molar-refractivity contribution in [3.63, 3.8) is 0 Å². The van der Waals surface area contributed by atoms with E-state index < -0.39 is 0 Å². The van der Waals surface area contributed by atoms with Crippen molar-refractivity contribution in [3.05, 3.63) is 35.4 Å². The van der Waals surface area contributed by atoms with E-state index in [1.165, 1.54) is 37.7 Å². The average molecular weight is 329 g/mol. The number of hydrogen-bond acceptors (Lipinski definition) is 3. The monoisotopic (exact) mass is 329 g/mol. The van der Waals surface area contributed by atoms with E-state index in [1.54, 1.807) is 0 Å². The number of amides is 1. The number of rotatable bonds is 6. The molecular weight excluding hydrogens is 298 g/mol. The third-order valence-electron chi connectivity index (χ3n) is 5.40. The number of benzene rings is 1. The van der Waals surface area contributed by atoms with Crippen molar-refractivity contribution in [2.75, 3.05) is 39.3 Å². The topological polar surface area (TPSA) is 44.4 Å². The fourth-order valence-corrected chi connectivity index (χ4v) is 3.88. The second kappa shape index (κ2) is 9.19. The van der Waals surface area contributed by atoms with Gasteiger partial charge in [0, 0.05) is 38.3 Å². The molecule has 3 rings (SSSR count). The Bertz CT molecular complexity index is 502. The molecule has 0 spiro atoms. The molecule has 1 aromatic carbocycles. The Kier molecular flexibility index (Phi) is 6.67. The summed E-state index contributed by atoms with van der Waals surface area (Å²) in [6.45, 7) is 6.24. The maximum atomic E-state index is 12.2. The van der Waals surface area contributed by atoms with Gasteiger partial charge in [-0.15, -0.1) is 0 Å². The van der Waals surface area contributed by atoms with Crippen LogP contribution in [-0.4, -0.2) is 50.1 Å². The van der Waals surface area contributed by atoms with Crippen LogP contribution in [0.15, 0.2) is 24.3 Å². The summed E-state index contributed by atoms with van der Waals surface area (Å²) in [7, 11) is 0. The van der Waals surface area contributed by atoms with E-state index in [0.29, 0.717) is 5.92 Å². The molecule has 0 atom stereocenters. The maximum Gasteiger partial charge on any atom is 0.251 e. The number of piperazine rings is 1. The van der Waals surface area contributed by atoms with Gasteiger partial charge in [0.15, 0.2) is 0 Å². The summed E-state index contributed by atoms with van der Waals surface area (Å²) in [6.07, 6.45) is 7.70. The molecule has 2 fully saturated rings. The van der Waals surface area contributed by atoms with Crippen LogP contribution in [0.5, 0.6) is 0 Å². The Hall–Kier alpha value is -1.39. The van der Waals surface area contributed by atoms with E-state index >= 15 is 0 Å². The molecule has 1 heterocycles. The van der Waals surface area contributed by atoms with Gasteiger partial charge in [0.2, 0.25) is 0 Å². The summed E-state index contributed by atoms with van der Waals surface area (Å²) in [5, 5.41) is 6.42. The van der Waals surface area contributed by atoms with E-state index in [1.807, 2.05) is 12.1 Å². The molecule has 132 valence electrons. The number of hydrogen-bond donors (Lipinski definition) is 2. The molecule has 1 aliphatic heterocycles. The largest absolute Gasteiger partial charge is 0.352 e. The van der Waals surface area contributed by atoms with Crippen molar-refractivity contribution < 1.29 is 4.79 Å². The molecule has 1 saturated carbocycles. The summed E-state index contributed by atoms with van der Waals surface area (Å²) in [4.78, 5) is 14.7. The van der Waals surface area contributed by atoms with E-state index in [4.69, 9.17) is 0 Å². The predicted octanol–water partition coefficient (Wildman–Crippen LogP) is 2.76. The maximum absolute atomic E-state index is 12.2. The number of nitrogens with one attached hydrogen (secondary N) is 2. The first-order valence-electron chi connectivity index (χ1n) is 9.64. The Morgan fingerprint density at radius 3 is 2.50 bits per heavy atom. The van der Waals surface area contributed by atoms with Gasteiger partial charge in [-0.05, 0) is 49.4 Å². The molecule has 0 unspecified atom stereocenters. The zero-order valence-corrected chi connectivity index (χ0v) is 14.7. The molecule has 2 N–H and O–H groups in total. The quantitative estimate of drug-likeness (QED) is 0.789. The lowest BCUT2D eigenvalue weighted by Gasteiger charge is -2.27. The molecule has 1 saturated heterocycles. The van der Waals surface area contributed by atoms with Gasteiger partial charge < -0.3 is 15.5 Å². The number of carbonyl (C=O) groups excluding carboxylic acids is 1. The van der Waals surface area contributed by atoms with E-state index in [0.717, 1.165) is 51.3 Å². The molecule has 4 nitrogen and oxygen atoms in total. The van der Waals surface area contributed by atoms with Gasteiger partial charge >= 0.3 is 0 Å². The second-order valence-electron chi connectivity index (χ2n) is 7.16. The zero-order valence-electron chi connectivity index (χ0n) is 14.7. The van der Waals surface area contributed by atoms with Crippen LogP contribution in [0.1, 0.15) is 60.4 Å². The van der Waals surface area contributed by atoms with Crippen LogP contribution in [0.2, 0.25) is 0 Å². The summed E-state index contributed by atoms with van der Waals surface area (Å²) in [5.41, 5.74) is 2.20.